The number of carboxylic acids is 1. The third-order valence-electron chi connectivity index (χ3n) is 7.48. The molecule has 0 saturated carbocycles. The smallest absolute Gasteiger partial charge is 0.335 e. The van der Waals surface area contributed by atoms with Crippen LogP contribution < -0.4 is 4.90 Å². The lowest BCUT2D eigenvalue weighted by atomic mass is 9.99. The van der Waals surface area contributed by atoms with Crippen LogP contribution in [0.5, 0.6) is 0 Å². The van der Waals surface area contributed by atoms with Gasteiger partial charge in [0.1, 0.15) is 10.8 Å². The molecule has 0 bridgehead atoms. The molecule has 2 aliphatic heterocycles. The number of benzene rings is 1. The average Bonchev–Trinajstić information content (AvgIpc) is 3.33. The number of allylic oxidation sites excluding steroid dienone is 1. The summed E-state index contributed by atoms with van der Waals surface area (Å²) in [5.41, 5.74) is 3.46. The summed E-state index contributed by atoms with van der Waals surface area (Å²) in [5, 5.41) is 9.97. The van der Waals surface area contributed by atoms with Gasteiger partial charge in [-0.25, -0.2) is 19.6 Å². The zero-order valence-corrected chi connectivity index (χ0v) is 25.4. The van der Waals surface area contributed by atoms with Crippen molar-refractivity contribution in [3.63, 3.8) is 0 Å². The molecule has 0 spiro atoms. The van der Waals surface area contributed by atoms with E-state index in [0.717, 1.165) is 53.7 Å². The Balaban J connectivity index is 0.00000129. The standard InChI is InChI=1S/C30H33N5O3S.C3H6/c1-20(2)26-19-34(27-6-4-5-15-31-27)30(38)35(26)24-13-16-33(17-14-24)18-23-9-12-28(32-21(23)3)39-25-10-7-22(8-11-25)29(36)37;1-3-2/h4-12,15,24,26H,1,13-14,16-19H2,2-3H3,(H,36,37);3H,1H2,2H3. The molecule has 42 heavy (non-hydrogen) atoms. The maximum Gasteiger partial charge on any atom is 0.335 e. The number of carboxylic acid groups (broad SMARTS) is 1. The minimum Gasteiger partial charge on any atom is -0.478 e. The lowest BCUT2D eigenvalue weighted by Gasteiger charge is -2.39. The number of pyridine rings is 2. The van der Waals surface area contributed by atoms with Crippen molar-refractivity contribution in [1.29, 1.82) is 0 Å². The van der Waals surface area contributed by atoms with Gasteiger partial charge < -0.3 is 10.0 Å². The summed E-state index contributed by atoms with van der Waals surface area (Å²) >= 11 is 1.52. The van der Waals surface area contributed by atoms with E-state index >= 15 is 0 Å². The molecule has 3 aromatic rings. The largest absolute Gasteiger partial charge is 0.478 e. The molecule has 220 valence electrons. The van der Waals surface area contributed by atoms with E-state index in [1.165, 1.54) is 17.3 Å². The van der Waals surface area contributed by atoms with Crippen molar-refractivity contribution in [2.24, 2.45) is 0 Å². The molecule has 2 fully saturated rings. The number of aromatic nitrogens is 2. The number of nitrogens with zero attached hydrogens (tertiary/aromatic N) is 5. The molecule has 5 rings (SSSR count). The molecule has 2 aliphatic rings. The van der Waals surface area contributed by atoms with Gasteiger partial charge >= 0.3 is 12.0 Å². The number of aryl methyl sites for hydroxylation is 1. The van der Waals surface area contributed by atoms with Crippen LogP contribution in [0.1, 0.15) is 48.3 Å². The van der Waals surface area contributed by atoms with Crippen molar-refractivity contribution < 1.29 is 14.7 Å². The second kappa shape index (κ2) is 14.3. The topological polar surface area (TPSA) is 89.9 Å². The molecule has 1 unspecified atom stereocenters. The fourth-order valence-electron chi connectivity index (χ4n) is 5.29. The van der Waals surface area contributed by atoms with Gasteiger partial charge in [-0.1, -0.05) is 42.1 Å². The molecule has 0 radical (unpaired) electrons. The number of hydrogen-bond acceptors (Lipinski definition) is 6. The summed E-state index contributed by atoms with van der Waals surface area (Å²) in [6.07, 6.45) is 5.30. The van der Waals surface area contributed by atoms with Gasteiger partial charge in [0, 0.05) is 42.5 Å². The van der Waals surface area contributed by atoms with Crippen LogP contribution in [0.2, 0.25) is 0 Å². The second-order valence-corrected chi connectivity index (χ2v) is 11.7. The minimum atomic E-state index is -0.928. The number of rotatable bonds is 8. The zero-order valence-electron chi connectivity index (χ0n) is 24.6. The number of piperidine rings is 1. The first-order chi connectivity index (χ1) is 20.2. The first kappa shape index (κ1) is 31.0. The summed E-state index contributed by atoms with van der Waals surface area (Å²) < 4.78 is 0. The molecule has 9 heteroatoms. The molecular formula is C33H39N5O3S. The average molecular weight is 586 g/mol. The fourth-order valence-corrected chi connectivity index (χ4v) is 6.13. The molecule has 1 atom stereocenters. The molecule has 2 aromatic heterocycles. The highest BCUT2D eigenvalue weighted by atomic mass is 32.2. The second-order valence-electron chi connectivity index (χ2n) is 10.6. The predicted octanol–water partition coefficient (Wildman–Crippen LogP) is 6.68. The minimum absolute atomic E-state index is 0.00660. The summed E-state index contributed by atoms with van der Waals surface area (Å²) in [7, 11) is 0. The SMILES string of the molecule is C=C(C)C1CN(c2ccccn2)C(=O)N1C1CCN(Cc2ccc(Sc3ccc(C(=O)O)cc3)nc2C)CC1.C=CC. The lowest BCUT2D eigenvalue weighted by molar-refractivity contribution is 0.0696. The van der Waals surface area contributed by atoms with Crippen LogP contribution in [-0.2, 0) is 6.54 Å². The number of amides is 2. The molecule has 8 nitrogen and oxygen atoms in total. The normalized spacial score (nSPS) is 17.5. The van der Waals surface area contributed by atoms with Crippen LogP contribution in [0.3, 0.4) is 0 Å². The number of carbonyl (C=O) groups excluding carboxylic acids is 1. The van der Waals surface area contributed by atoms with Crippen molar-refractivity contribution in [3.8, 4) is 0 Å². The zero-order chi connectivity index (χ0) is 30.2. The quantitative estimate of drug-likeness (QED) is 0.295. The van der Waals surface area contributed by atoms with Gasteiger partial charge in [-0.15, -0.1) is 6.58 Å². The van der Waals surface area contributed by atoms with Crippen LogP contribution in [0.25, 0.3) is 0 Å². The Hall–Kier alpha value is -3.95. The highest BCUT2D eigenvalue weighted by Gasteiger charge is 2.43. The molecular weight excluding hydrogens is 546 g/mol. The van der Waals surface area contributed by atoms with Crippen molar-refractivity contribution >= 4 is 29.6 Å². The highest BCUT2D eigenvalue weighted by Crippen LogP contribution is 2.32. The number of likely N-dealkylation sites (tertiary alicyclic amines) is 1. The van der Waals surface area contributed by atoms with Gasteiger partial charge in [-0.2, -0.15) is 0 Å². The number of anilines is 1. The molecule has 1 aromatic carbocycles. The summed E-state index contributed by atoms with van der Waals surface area (Å²) in [5.74, 6) is -0.237. The summed E-state index contributed by atoms with van der Waals surface area (Å²) in [4.78, 5) is 40.9. The van der Waals surface area contributed by atoms with Crippen LogP contribution in [-0.4, -0.2) is 68.6 Å². The Bertz CT molecular complexity index is 1400. The van der Waals surface area contributed by atoms with Crippen molar-refractivity contribution in [3.05, 3.63) is 102 Å². The fraction of sp³-hybridized carbons (Fsp3) is 0.333. The van der Waals surface area contributed by atoms with E-state index in [4.69, 9.17) is 10.1 Å². The van der Waals surface area contributed by atoms with Gasteiger partial charge in [-0.05, 0) is 81.6 Å². The first-order valence-corrected chi connectivity index (χ1v) is 15.0. The van der Waals surface area contributed by atoms with Gasteiger partial charge in [0.25, 0.3) is 0 Å². The van der Waals surface area contributed by atoms with E-state index < -0.39 is 5.97 Å². The van der Waals surface area contributed by atoms with Crippen molar-refractivity contribution in [2.75, 3.05) is 24.5 Å². The van der Waals surface area contributed by atoms with Gasteiger partial charge in [0.2, 0.25) is 0 Å². The van der Waals surface area contributed by atoms with E-state index in [2.05, 4.69) is 29.1 Å². The molecule has 4 heterocycles. The van der Waals surface area contributed by atoms with Crippen LogP contribution in [0.4, 0.5) is 10.6 Å². The Morgan fingerprint density at radius 1 is 1.12 bits per heavy atom. The molecule has 1 N–H and O–H groups in total. The lowest BCUT2D eigenvalue weighted by Crippen LogP contribution is -2.49. The predicted molar refractivity (Wildman–Crippen MR) is 168 cm³/mol. The summed E-state index contributed by atoms with van der Waals surface area (Å²) in [6, 6.07) is 16.8. The number of aromatic carboxylic acids is 1. The van der Waals surface area contributed by atoms with E-state index in [1.807, 2.05) is 62.1 Å². The Labute approximate surface area is 252 Å². The molecule has 2 amide bonds. The third-order valence-corrected chi connectivity index (χ3v) is 8.42. The van der Waals surface area contributed by atoms with E-state index in [9.17, 15) is 9.59 Å². The van der Waals surface area contributed by atoms with Crippen LogP contribution in [0.15, 0.2) is 95.5 Å². The third kappa shape index (κ3) is 7.46. The number of hydrogen-bond donors (Lipinski definition) is 1. The molecule has 0 aliphatic carbocycles. The summed E-state index contributed by atoms with van der Waals surface area (Å²) in [6.45, 7) is 16.7. The Kier molecular flexibility index (Phi) is 10.5. The van der Waals surface area contributed by atoms with Crippen molar-refractivity contribution in [1.82, 2.24) is 19.8 Å². The van der Waals surface area contributed by atoms with Crippen LogP contribution in [0, 0.1) is 6.92 Å². The first-order valence-electron chi connectivity index (χ1n) is 14.1. The van der Waals surface area contributed by atoms with Gasteiger partial charge in [0.15, 0.2) is 0 Å². The number of urea groups is 1. The van der Waals surface area contributed by atoms with E-state index in [-0.39, 0.29) is 23.7 Å². The maximum absolute atomic E-state index is 13.5. The van der Waals surface area contributed by atoms with Gasteiger partial charge in [0.05, 0.1) is 18.2 Å². The van der Waals surface area contributed by atoms with Crippen LogP contribution >= 0.6 is 11.8 Å². The van der Waals surface area contributed by atoms with E-state index in [1.54, 1.807) is 29.3 Å². The Morgan fingerprint density at radius 3 is 2.38 bits per heavy atom. The highest BCUT2D eigenvalue weighted by molar-refractivity contribution is 7.99. The Morgan fingerprint density at radius 2 is 1.81 bits per heavy atom. The molecule has 2 saturated heterocycles. The maximum atomic E-state index is 13.5. The monoisotopic (exact) mass is 585 g/mol. The van der Waals surface area contributed by atoms with Crippen molar-refractivity contribution in [2.45, 2.75) is 62.2 Å². The van der Waals surface area contributed by atoms with E-state index in [0.29, 0.717) is 12.4 Å². The van der Waals surface area contributed by atoms with Gasteiger partial charge in [-0.3, -0.25) is 9.80 Å². The number of carbonyl (C=O) groups is 2.